The van der Waals surface area contributed by atoms with Crippen molar-refractivity contribution in [3.8, 4) is 0 Å². The lowest BCUT2D eigenvalue weighted by Crippen LogP contribution is -2.16. The van der Waals surface area contributed by atoms with E-state index >= 15 is 0 Å². The van der Waals surface area contributed by atoms with Crippen LogP contribution in [0.25, 0.3) is 10.2 Å². The van der Waals surface area contributed by atoms with Crippen LogP contribution in [0.1, 0.15) is 27.6 Å². The number of carbonyl (C=O) groups is 2. The van der Waals surface area contributed by atoms with E-state index in [1.807, 2.05) is 0 Å². The SMILES string of the molecule is C=CCn1c(=NC(=O)c2cc([N+](=O)[O-])cc([N+](=O)[O-])c2)sc2cc(C(=O)OCC)ccc21. The maximum Gasteiger partial charge on any atom is 0.338 e. The van der Waals surface area contributed by atoms with E-state index in [9.17, 15) is 29.8 Å². The highest BCUT2D eigenvalue weighted by Crippen LogP contribution is 2.24. The number of nitrogens with zero attached hydrogens (tertiary/aromatic N) is 4. The molecule has 2 aromatic carbocycles. The van der Waals surface area contributed by atoms with E-state index < -0.39 is 33.1 Å². The lowest BCUT2D eigenvalue weighted by Gasteiger charge is -2.03. The second-order valence-electron chi connectivity index (χ2n) is 6.36. The molecule has 12 heteroatoms. The van der Waals surface area contributed by atoms with Crippen molar-refractivity contribution in [3.63, 3.8) is 0 Å². The Morgan fingerprint density at radius 2 is 1.78 bits per heavy atom. The van der Waals surface area contributed by atoms with Crippen molar-refractivity contribution in [1.82, 2.24) is 4.57 Å². The van der Waals surface area contributed by atoms with Gasteiger partial charge in [0.05, 0.1) is 43.9 Å². The molecule has 11 nitrogen and oxygen atoms in total. The van der Waals surface area contributed by atoms with Gasteiger partial charge in [-0.15, -0.1) is 6.58 Å². The zero-order valence-corrected chi connectivity index (χ0v) is 17.5. The van der Waals surface area contributed by atoms with Gasteiger partial charge in [-0.2, -0.15) is 4.99 Å². The van der Waals surface area contributed by atoms with Crippen LogP contribution in [0.4, 0.5) is 11.4 Å². The Labute approximate surface area is 184 Å². The summed E-state index contributed by atoms with van der Waals surface area (Å²) >= 11 is 1.11. The second-order valence-corrected chi connectivity index (χ2v) is 7.37. The van der Waals surface area contributed by atoms with E-state index in [0.29, 0.717) is 22.3 Å². The van der Waals surface area contributed by atoms with Crippen molar-refractivity contribution >= 4 is 44.8 Å². The zero-order valence-electron chi connectivity index (χ0n) is 16.7. The molecular formula is C20H16N4O7S. The maximum atomic E-state index is 12.7. The Kier molecular flexibility index (Phi) is 6.54. The molecule has 0 unspecified atom stereocenters. The third-order valence-electron chi connectivity index (χ3n) is 4.27. The van der Waals surface area contributed by atoms with Crippen molar-refractivity contribution in [1.29, 1.82) is 0 Å². The van der Waals surface area contributed by atoms with E-state index in [1.165, 1.54) is 0 Å². The largest absolute Gasteiger partial charge is 0.462 e. The van der Waals surface area contributed by atoms with Gasteiger partial charge in [0.25, 0.3) is 17.3 Å². The van der Waals surface area contributed by atoms with Gasteiger partial charge in [-0.25, -0.2) is 4.79 Å². The number of rotatable bonds is 7. The monoisotopic (exact) mass is 456 g/mol. The summed E-state index contributed by atoms with van der Waals surface area (Å²) in [5, 5.41) is 22.2. The summed E-state index contributed by atoms with van der Waals surface area (Å²) in [7, 11) is 0. The van der Waals surface area contributed by atoms with Crippen LogP contribution in [0.3, 0.4) is 0 Å². The molecule has 1 amide bonds. The second kappa shape index (κ2) is 9.31. The number of non-ortho nitro benzene ring substituents is 2. The minimum Gasteiger partial charge on any atom is -0.462 e. The van der Waals surface area contributed by atoms with Crippen LogP contribution >= 0.6 is 11.3 Å². The van der Waals surface area contributed by atoms with Gasteiger partial charge in [0, 0.05) is 18.7 Å². The minimum absolute atomic E-state index is 0.224. The lowest BCUT2D eigenvalue weighted by molar-refractivity contribution is -0.394. The van der Waals surface area contributed by atoms with Gasteiger partial charge in [-0.3, -0.25) is 25.0 Å². The zero-order chi connectivity index (χ0) is 23.4. The fourth-order valence-electron chi connectivity index (χ4n) is 2.89. The number of ether oxygens (including phenoxy) is 1. The number of thiazole rings is 1. The van der Waals surface area contributed by atoms with Crippen molar-refractivity contribution < 1.29 is 24.2 Å². The van der Waals surface area contributed by atoms with Crippen molar-refractivity contribution in [3.05, 3.63) is 85.2 Å². The summed E-state index contributed by atoms with van der Waals surface area (Å²) in [5.74, 6) is -1.37. The van der Waals surface area contributed by atoms with Crippen molar-refractivity contribution in [2.24, 2.45) is 4.99 Å². The van der Waals surface area contributed by atoms with Gasteiger partial charge in [-0.05, 0) is 25.1 Å². The van der Waals surface area contributed by atoms with Gasteiger partial charge in [0.15, 0.2) is 4.80 Å². The molecule has 0 radical (unpaired) electrons. The number of benzene rings is 2. The highest BCUT2D eigenvalue weighted by molar-refractivity contribution is 7.16. The molecule has 164 valence electrons. The summed E-state index contributed by atoms with van der Waals surface area (Å²) in [5.41, 5.74) is -0.460. The normalized spacial score (nSPS) is 11.3. The van der Waals surface area contributed by atoms with E-state index in [-0.39, 0.29) is 17.0 Å². The summed E-state index contributed by atoms with van der Waals surface area (Å²) in [4.78, 5) is 49.6. The number of hydrogen-bond donors (Lipinski definition) is 0. The van der Waals surface area contributed by atoms with Crippen LogP contribution in [-0.4, -0.2) is 32.9 Å². The molecule has 0 fully saturated rings. The Balaban J connectivity index is 2.14. The quantitative estimate of drug-likeness (QED) is 0.228. The standard InChI is InChI=1S/C20H16N4O7S/c1-3-7-22-16-6-5-12(19(26)31-4-2)10-17(16)32-20(22)21-18(25)13-8-14(23(27)28)11-15(9-13)24(29)30/h3,5-6,8-11H,1,4,7H2,2H3. The van der Waals surface area contributed by atoms with Crippen LogP contribution in [0.2, 0.25) is 0 Å². The first-order chi connectivity index (χ1) is 15.2. The van der Waals surface area contributed by atoms with Crippen molar-refractivity contribution in [2.75, 3.05) is 6.61 Å². The molecule has 0 spiro atoms. The number of esters is 1. The van der Waals surface area contributed by atoms with E-state index in [1.54, 1.807) is 35.8 Å². The van der Waals surface area contributed by atoms with Crippen LogP contribution < -0.4 is 4.80 Å². The predicted molar refractivity (Wildman–Crippen MR) is 116 cm³/mol. The molecule has 1 aromatic heterocycles. The van der Waals surface area contributed by atoms with Crippen LogP contribution in [0, 0.1) is 20.2 Å². The Morgan fingerprint density at radius 3 is 2.34 bits per heavy atom. The van der Waals surface area contributed by atoms with Gasteiger partial charge in [0.1, 0.15) is 0 Å². The van der Waals surface area contributed by atoms with Crippen LogP contribution in [0.5, 0.6) is 0 Å². The number of allylic oxidation sites excluding steroid dienone is 1. The highest BCUT2D eigenvalue weighted by atomic mass is 32.1. The first kappa shape index (κ1) is 22.5. The third kappa shape index (κ3) is 4.59. The van der Waals surface area contributed by atoms with Crippen molar-refractivity contribution in [2.45, 2.75) is 13.5 Å². The minimum atomic E-state index is -0.883. The summed E-state index contributed by atoms with van der Waals surface area (Å²) in [6.45, 7) is 5.90. The Hall–Kier alpha value is -4.19. The summed E-state index contributed by atoms with van der Waals surface area (Å²) in [6, 6.07) is 7.52. The molecule has 3 rings (SSSR count). The number of carbonyl (C=O) groups excluding carboxylic acids is 2. The lowest BCUT2D eigenvalue weighted by atomic mass is 10.1. The van der Waals surface area contributed by atoms with Gasteiger partial charge < -0.3 is 9.30 Å². The first-order valence-electron chi connectivity index (χ1n) is 9.19. The smallest absolute Gasteiger partial charge is 0.338 e. The number of hydrogen-bond acceptors (Lipinski definition) is 8. The molecule has 32 heavy (non-hydrogen) atoms. The molecule has 0 N–H and O–H groups in total. The van der Waals surface area contributed by atoms with Crippen LogP contribution in [-0.2, 0) is 11.3 Å². The highest BCUT2D eigenvalue weighted by Gasteiger charge is 2.20. The molecule has 0 aliphatic carbocycles. The maximum absolute atomic E-state index is 12.7. The molecule has 1 heterocycles. The van der Waals surface area contributed by atoms with Gasteiger partial charge in [0.2, 0.25) is 0 Å². The Morgan fingerprint density at radius 1 is 1.12 bits per heavy atom. The van der Waals surface area contributed by atoms with E-state index in [2.05, 4.69) is 11.6 Å². The fourth-order valence-corrected chi connectivity index (χ4v) is 3.96. The van der Waals surface area contributed by atoms with Gasteiger partial charge in [-0.1, -0.05) is 17.4 Å². The molecule has 0 atom stereocenters. The van der Waals surface area contributed by atoms with Crippen LogP contribution in [0.15, 0.2) is 54.0 Å². The molecule has 0 aliphatic heterocycles. The summed E-state index contributed by atoms with van der Waals surface area (Å²) < 4.78 is 7.32. The number of aromatic nitrogens is 1. The van der Waals surface area contributed by atoms with Gasteiger partial charge >= 0.3 is 5.97 Å². The molecular weight excluding hydrogens is 440 g/mol. The summed E-state index contributed by atoms with van der Waals surface area (Å²) in [6.07, 6.45) is 1.59. The average Bonchev–Trinajstić information content (AvgIpc) is 3.09. The number of nitro benzene ring substituents is 2. The van der Waals surface area contributed by atoms with E-state index in [0.717, 1.165) is 29.5 Å². The first-order valence-corrected chi connectivity index (χ1v) is 10.0. The fraction of sp³-hybridized carbons (Fsp3) is 0.150. The topological polar surface area (TPSA) is 147 Å². The molecule has 0 bridgehead atoms. The average molecular weight is 456 g/mol. The molecule has 0 saturated heterocycles. The molecule has 0 saturated carbocycles. The molecule has 0 aliphatic rings. The number of fused-ring (bicyclic) bond motifs is 1. The van der Waals surface area contributed by atoms with E-state index in [4.69, 9.17) is 4.74 Å². The predicted octanol–water partition coefficient (Wildman–Crippen LogP) is 3.62. The number of nitro groups is 2. The molecule has 3 aromatic rings. The third-order valence-corrected chi connectivity index (χ3v) is 5.32. The Bertz CT molecular complexity index is 1310. The number of amides is 1.